The van der Waals surface area contributed by atoms with E-state index < -0.39 is 0 Å². The molecule has 1 aromatic rings. The smallest absolute Gasteiger partial charge is 0.171 e. The Morgan fingerprint density at radius 1 is 1.10 bits per heavy atom. The zero-order valence-electron chi connectivity index (χ0n) is 12.1. The average molecular weight is 412 g/mol. The van der Waals surface area contributed by atoms with Gasteiger partial charge in [0.05, 0.1) is 0 Å². The minimum Gasteiger partial charge on any atom is -0.357 e. The molecule has 2 N–H and O–H groups in total. The van der Waals surface area contributed by atoms with Crippen molar-refractivity contribution >= 4 is 45.6 Å². The molecular weight excluding hydrogens is 391 g/mol. The van der Waals surface area contributed by atoms with E-state index >= 15 is 0 Å². The molecule has 0 saturated heterocycles. The Kier molecular flexibility index (Phi) is 3.64. The van der Waals surface area contributed by atoms with Gasteiger partial charge in [0.1, 0.15) is 0 Å². The van der Waals surface area contributed by atoms with Gasteiger partial charge in [0.2, 0.25) is 0 Å². The van der Waals surface area contributed by atoms with E-state index in [1.807, 2.05) is 0 Å². The van der Waals surface area contributed by atoms with Crippen LogP contribution in [0, 0.1) is 21.3 Å². The molecule has 112 valence electrons. The molecule has 4 heteroatoms. The summed E-state index contributed by atoms with van der Waals surface area (Å²) in [4.78, 5) is 0. The molecule has 21 heavy (non-hydrogen) atoms. The third kappa shape index (κ3) is 2.93. The van der Waals surface area contributed by atoms with E-state index in [9.17, 15) is 0 Å². The number of anilines is 1. The molecule has 4 bridgehead atoms. The van der Waals surface area contributed by atoms with Gasteiger partial charge >= 0.3 is 0 Å². The summed E-state index contributed by atoms with van der Waals surface area (Å²) in [6.07, 6.45) is 8.39. The molecule has 0 unspecified atom stereocenters. The zero-order chi connectivity index (χ0) is 14.4. The Morgan fingerprint density at radius 3 is 2.29 bits per heavy atom. The van der Waals surface area contributed by atoms with E-state index in [-0.39, 0.29) is 0 Å². The fourth-order valence-electron chi connectivity index (χ4n) is 5.23. The third-order valence-corrected chi connectivity index (χ3v) is 6.37. The molecule has 4 aliphatic rings. The molecule has 4 saturated carbocycles. The molecule has 0 heterocycles. The number of rotatable bonds is 2. The van der Waals surface area contributed by atoms with Crippen LogP contribution in [0.1, 0.15) is 38.5 Å². The quantitative estimate of drug-likeness (QED) is 0.551. The molecule has 1 aromatic carbocycles. The summed E-state index contributed by atoms with van der Waals surface area (Å²) in [7, 11) is 0. The number of halogens is 1. The number of thiocarbonyl (C=S) groups is 1. The maximum absolute atomic E-state index is 5.59. The number of hydrogen-bond acceptors (Lipinski definition) is 1. The highest BCUT2D eigenvalue weighted by molar-refractivity contribution is 14.1. The van der Waals surface area contributed by atoms with Gasteiger partial charge < -0.3 is 10.6 Å². The standard InChI is InChI=1S/C17H21IN2S/c18-14-2-1-3-15(7-14)19-16(21)20-17-8-11-4-12(9-17)6-13(5-11)10-17/h1-3,7,11-13H,4-6,8-10H2,(H2,19,20,21). The van der Waals surface area contributed by atoms with Gasteiger partial charge in [-0.3, -0.25) is 0 Å². The largest absolute Gasteiger partial charge is 0.357 e. The van der Waals surface area contributed by atoms with Crippen LogP contribution in [-0.2, 0) is 0 Å². The van der Waals surface area contributed by atoms with Gasteiger partial charge in [-0.1, -0.05) is 6.07 Å². The first kappa shape index (κ1) is 14.2. The van der Waals surface area contributed by atoms with Gasteiger partial charge in [-0.25, -0.2) is 0 Å². The van der Waals surface area contributed by atoms with Crippen LogP contribution < -0.4 is 10.6 Å². The van der Waals surface area contributed by atoms with Crippen molar-refractivity contribution in [2.45, 2.75) is 44.1 Å². The van der Waals surface area contributed by atoms with Crippen LogP contribution in [0.3, 0.4) is 0 Å². The van der Waals surface area contributed by atoms with E-state index in [4.69, 9.17) is 12.2 Å². The lowest BCUT2D eigenvalue weighted by Gasteiger charge is -2.57. The summed E-state index contributed by atoms with van der Waals surface area (Å²) >= 11 is 7.92. The molecule has 5 rings (SSSR count). The SMILES string of the molecule is S=C(Nc1cccc(I)c1)NC12CC3CC(CC(C3)C1)C2. The Morgan fingerprint density at radius 2 is 1.71 bits per heavy atom. The molecule has 0 spiro atoms. The lowest BCUT2D eigenvalue weighted by molar-refractivity contribution is -0.00972. The van der Waals surface area contributed by atoms with Gasteiger partial charge in [0.25, 0.3) is 0 Å². The highest BCUT2D eigenvalue weighted by Crippen LogP contribution is 2.55. The first-order chi connectivity index (χ1) is 10.1. The molecule has 0 radical (unpaired) electrons. The van der Waals surface area contributed by atoms with Crippen molar-refractivity contribution in [2.24, 2.45) is 17.8 Å². The number of benzene rings is 1. The molecule has 0 aromatic heterocycles. The molecule has 4 fully saturated rings. The molecule has 0 aliphatic heterocycles. The summed E-state index contributed by atoms with van der Waals surface area (Å²) in [6.45, 7) is 0. The van der Waals surface area contributed by atoms with Gasteiger partial charge in [-0.05, 0) is 109 Å². The second kappa shape index (κ2) is 5.37. The van der Waals surface area contributed by atoms with E-state index in [0.29, 0.717) is 5.54 Å². The van der Waals surface area contributed by atoms with Crippen molar-refractivity contribution in [3.05, 3.63) is 27.8 Å². The van der Waals surface area contributed by atoms with Crippen molar-refractivity contribution in [2.75, 3.05) is 5.32 Å². The molecular formula is C17H21IN2S. The normalized spacial score (nSPS) is 36.5. The van der Waals surface area contributed by atoms with E-state index in [0.717, 1.165) is 28.6 Å². The van der Waals surface area contributed by atoms with Gasteiger partial charge in [0.15, 0.2) is 5.11 Å². The van der Waals surface area contributed by atoms with Gasteiger partial charge in [-0.15, -0.1) is 0 Å². The van der Waals surface area contributed by atoms with Crippen molar-refractivity contribution < 1.29 is 0 Å². The number of hydrogen-bond donors (Lipinski definition) is 2. The van der Waals surface area contributed by atoms with Crippen LogP contribution in [0.2, 0.25) is 0 Å². The Balaban J connectivity index is 1.45. The topological polar surface area (TPSA) is 24.1 Å². The Bertz CT molecular complexity index is 536. The van der Waals surface area contributed by atoms with Crippen LogP contribution in [0.5, 0.6) is 0 Å². The molecule has 2 nitrogen and oxygen atoms in total. The monoisotopic (exact) mass is 412 g/mol. The summed E-state index contributed by atoms with van der Waals surface area (Å²) in [5, 5.41) is 7.89. The van der Waals surface area contributed by atoms with Crippen LogP contribution >= 0.6 is 34.8 Å². The van der Waals surface area contributed by atoms with Crippen molar-refractivity contribution in [1.82, 2.24) is 5.32 Å². The molecule has 0 atom stereocenters. The molecule has 4 aliphatic carbocycles. The summed E-state index contributed by atoms with van der Waals surface area (Å²) in [6, 6.07) is 8.38. The highest BCUT2D eigenvalue weighted by Gasteiger charge is 2.51. The fourth-order valence-corrected chi connectivity index (χ4v) is 6.11. The Hall–Kier alpha value is -0.360. The first-order valence-corrected chi connectivity index (χ1v) is 9.44. The van der Waals surface area contributed by atoms with Crippen molar-refractivity contribution in [3.8, 4) is 0 Å². The fraction of sp³-hybridized carbons (Fsp3) is 0.588. The second-order valence-corrected chi connectivity index (χ2v) is 8.94. The lowest BCUT2D eigenvalue weighted by atomic mass is 9.53. The summed E-state index contributed by atoms with van der Waals surface area (Å²) in [5.74, 6) is 2.85. The van der Waals surface area contributed by atoms with Crippen LogP contribution in [0.15, 0.2) is 24.3 Å². The third-order valence-electron chi connectivity index (χ3n) is 5.50. The molecule has 0 amide bonds. The van der Waals surface area contributed by atoms with Crippen molar-refractivity contribution in [3.63, 3.8) is 0 Å². The summed E-state index contributed by atoms with van der Waals surface area (Å²) < 4.78 is 1.23. The Labute approximate surface area is 145 Å². The van der Waals surface area contributed by atoms with Gasteiger partial charge in [0, 0.05) is 14.8 Å². The van der Waals surface area contributed by atoms with Crippen LogP contribution in [0.4, 0.5) is 5.69 Å². The minimum absolute atomic E-state index is 0.292. The predicted octanol–water partition coefficient (Wildman–Crippen LogP) is 4.55. The first-order valence-electron chi connectivity index (χ1n) is 7.95. The highest BCUT2D eigenvalue weighted by atomic mass is 127. The van der Waals surface area contributed by atoms with E-state index in [1.165, 1.54) is 42.1 Å². The van der Waals surface area contributed by atoms with Crippen LogP contribution in [-0.4, -0.2) is 10.7 Å². The number of nitrogens with one attached hydrogen (secondary N) is 2. The van der Waals surface area contributed by atoms with Crippen molar-refractivity contribution in [1.29, 1.82) is 0 Å². The maximum Gasteiger partial charge on any atom is 0.171 e. The average Bonchev–Trinajstić information content (AvgIpc) is 2.35. The van der Waals surface area contributed by atoms with Gasteiger partial charge in [-0.2, -0.15) is 0 Å². The lowest BCUT2D eigenvalue weighted by Crippen LogP contribution is -2.60. The zero-order valence-corrected chi connectivity index (χ0v) is 15.0. The summed E-state index contributed by atoms with van der Waals surface area (Å²) in [5.41, 5.74) is 1.38. The second-order valence-electron chi connectivity index (χ2n) is 7.29. The minimum atomic E-state index is 0.292. The van der Waals surface area contributed by atoms with Crippen LogP contribution in [0.25, 0.3) is 0 Å². The van der Waals surface area contributed by atoms with E-state index in [2.05, 4.69) is 57.5 Å². The maximum atomic E-state index is 5.59. The van der Waals surface area contributed by atoms with E-state index in [1.54, 1.807) is 0 Å². The predicted molar refractivity (Wildman–Crippen MR) is 99.4 cm³/mol.